The van der Waals surface area contributed by atoms with Crippen molar-refractivity contribution in [3.05, 3.63) is 64.5 Å². The summed E-state index contributed by atoms with van der Waals surface area (Å²) in [5.74, 6) is -8.19. The van der Waals surface area contributed by atoms with Crippen LogP contribution in [0.3, 0.4) is 0 Å². The first kappa shape index (κ1) is 22.4. The van der Waals surface area contributed by atoms with Crippen molar-refractivity contribution in [2.45, 2.75) is 19.4 Å². The van der Waals surface area contributed by atoms with Crippen molar-refractivity contribution in [3.8, 4) is 17.6 Å². The van der Waals surface area contributed by atoms with E-state index in [2.05, 4.69) is 16.6 Å². The third-order valence-electron chi connectivity index (χ3n) is 4.23. The molecule has 3 nitrogen and oxygen atoms in total. The van der Waals surface area contributed by atoms with E-state index in [1.54, 1.807) is 52.3 Å². The van der Waals surface area contributed by atoms with Crippen molar-refractivity contribution in [1.82, 2.24) is 0 Å². The molecule has 0 fully saturated rings. The Morgan fingerprint density at radius 3 is 1.86 bits per heavy atom. The minimum absolute atomic E-state index is 0.00918. The van der Waals surface area contributed by atoms with Gasteiger partial charge >= 0.3 is 5.97 Å². The van der Waals surface area contributed by atoms with Crippen LogP contribution in [0, 0.1) is 40.9 Å². The van der Waals surface area contributed by atoms with Gasteiger partial charge in [0.15, 0.2) is 6.04 Å². The number of hydrogen-bond donors (Lipinski definition) is 0. The molecule has 0 aromatic heterocycles. The van der Waals surface area contributed by atoms with Crippen LogP contribution in [0.5, 0.6) is 5.75 Å². The fourth-order valence-corrected chi connectivity index (χ4v) is 2.61. The normalized spacial score (nSPS) is 12.2. The number of carbonyl (C=O) groups excluding carboxylic acids is 1. The Hall–Kier alpha value is -2.92. The van der Waals surface area contributed by atoms with Crippen molar-refractivity contribution in [3.63, 3.8) is 0 Å². The molecule has 0 N–H and O–H groups in total. The second-order valence-corrected chi connectivity index (χ2v) is 7.23. The number of esters is 1. The summed E-state index contributed by atoms with van der Waals surface area (Å²) in [6, 6.07) is 5.97. The van der Waals surface area contributed by atoms with E-state index in [-0.39, 0.29) is 10.9 Å². The zero-order valence-electron chi connectivity index (χ0n) is 16.2. The highest BCUT2D eigenvalue weighted by atomic mass is 19.2. The van der Waals surface area contributed by atoms with Gasteiger partial charge in [0.2, 0.25) is 34.8 Å². The van der Waals surface area contributed by atoms with Gasteiger partial charge in [-0.05, 0) is 24.6 Å². The van der Waals surface area contributed by atoms with Gasteiger partial charge in [0, 0.05) is 12.0 Å². The predicted octanol–water partition coefficient (Wildman–Crippen LogP) is 3.98. The molecule has 29 heavy (non-hydrogen) atoms. The number of quaternary nitrogens is 1. The Morgan fingerprint density at radius 2 is 1.41 bits per heavy atom. The third kappa shape index (κ3) is 4.93. The average molecular weight is 412 g/mol. The molecule has 1 atom stereocenters. The fourth-order valence-electron chi connectivity index (χ4n) is 2.61. The van der Waals surface area contributed by atoms with Gasteiger partial charge in [-0.2, -0.15) is 8.78 Å². The van der Waals surface area contributed by atoms with Gasteiger partial charge in [-0.25, -0.2) is 18.0 Å². The van der Waals surface area contributed by atoms with Crippen LogP contribution in [0.1, 0.15) is 18.1 Å². The highest BCUT2D eigenvalue weighted by molar-refractivity contribution is 5.77. The number of ether oxygens (including phenoxy) is 1. The van der Waals surface area contributed by atoms with Gasteiger partial charge in [-0.3, -0.25) is 0 Å². The molecule has 2 aromatic carbocycles. The van der Waals surface area contributed by atoms with Crippen molar-refractivity contribution in [2.24, 2.45) is 0 Å². The van der Waals surface area contributed by atoms with E-state index < -0.39 is 46.8 Å². The summed E-state index contributed by atoms with van der Waals surface area (Å²) >= 11 is 0. The van der Waals surface area contributed by atoms with Crippen molar-refractivity contribution < 1.29 is 36.0 Å². The number of rotatable bonds is 5. The van der Waals surface area contributed by atoms with Gasteiger partial charge in [0.05, 0.1) is 21.1 Å². The Kier molecular flexibility index (Phi) is 6.65. The Labute approximate surface area is 165 Å². The number of benzene rings is 2. The Morgan fingerprint density at radius 1 is 0.931 bits per heavy atom. The molecule has 0 spiro atoms. The molecule has 8 heteroatoms. The van der Waals surface area contributed by atoms with Crippen LogP contribution >= 0.6 is 0 Å². The molecule has 1 unspecified atom stereocenters. The maximum Gasteiger partial charge on any atom is 0.370 e. The summed E-state index contributed by atoms with van der Waals surface area (Å²) in [5.41, 5.74) is 1.47. The molecule has 0 aliphatic carbocycles. The Balaban J connectivity index is 2.34. The van der Waals surface area contributed by atoms with Crippen LogP contribution < -0.4 is 4.74 Å². The van der Waals surface area contributed by atoms with Crippen molar-refractivity contribution in [2.75, 3.05) is 21.1 Å². The van der Waals surface area contributed by atoms with E-state index in [4.69, 9.17) is 0 Å². The Bertz CT molecular complexity index is 956. The van der Waals surface area contributed by atoms with E-state index in [9.17, 15) is 26.7 Å². The zero-order valence-corrected chi connectivity index (χ0v) is 16.2. The van der Waals surface area contributed by atoms with Crippen molar-refractivity contribution in [1.29, 1.82) is 0 Å². The van der Waals surface area contributed by atoms with Gasteiger partial charge in [0.25, 0.3) is 0 Å². The smallest absolute Gasteiger partial charge is 0.370 e. The lowest BCUT2D eigenvalue weighted by Crippen LogP contribution is -2.52. The third-order valence-corrected chi connectivity index (χ3v) is 4.23. The molecule has 0 aliphatic heterocycles. The minimum atomic E-state index is -2.32. The lowest BCUT2D eigenvalue weighted by Gasteiger charge is -2.32. The largest absolute Gasteiger partial charge is 0.416 e. The number of carbonyl (C=O) groups is 1. The molecule has 154 valence electrons. The second kappa shape index (κ2) is 8.62. The molecule has 0 radical (unpaired) electrons. The second-order valence-electron chi connectivity index (χ2n) is 7.23. The zero-order chi connectivity index (χ0) is 21.9. The van der Waals surface area contributed by atoms with E-state index in [1.165, 1.54) is 0 Å². The molecule has 0 heterocycles. The van der Waals surface area contributed by atoms with Gasteiger partial charge < -0.3 is 9.22 Å². The number of likely N-dealkylation sites (N-methyl/N-ethyl adjacent to an activating group) is 1. The highest BCUT2D eigenvalue weighted by Crippen LogP contribution is 2.30. The summed E-state index contributed by atoms with van der Waals surface area (Å²) in [6.45, 7) is 1.69. The van der Waals surface area contributed by atoms with Crippen LogP contribution in [0.2, 0.25) is 0 Å². The summed E-state index contributed by atoms with van der Waals surface area (Å²) < 4.78 is 72.2. The maximum absolute atomic E-state index is 13.9. The standard InChI is InChI=1S/C21H19F5NO2/c1-5-6-12-7-9-13(10-8-12)11-14(27(2,3)4)21(28)29-20-18(25)16(23)15(22)17(24)19(20)26/h7-10,14H,11H2,1-4H3/q+1. The van der Waals surface area contributed by atoms with E-state index in [0.29, 0.717) is 5.56 Å². The van der Waals surface area contributed by atoms with Crippen LogP contribution in [0.4, 0.5) is 22.0 Å². The monoisotopic (exact) mass is 412 g/mol. The van der Waals surface area contributed by atoms with E-state index >= 15 is 0 Å². The van der Waals surface area contributed by atoms with E-state index in [0.717, 1.165) is 5.56 Å². The number of halogens is 5. The maximum atomic E-state index is 13.9. The van der Waals surface area contributed by atoms with Crippen LogP contribution in [-0.4, -0.2) is 37.6 Å². The first-order valence-electron chi connectivity index (χ1n) is 8.53. The molecule has 0 bridgehead atoms. The van der Waals surface area contributed by atoms with Crippen LogP contribution in [0.15, 0.2) is 24.3 Å². The molecule has 0 saturated carbocycles. The quantitative estimate of drug-likeness (QED) is 0.141. The lowest BCUT2D eigenvalue weighted by molar-refractivity contribution is -0.887. The number of hydrogen-bond acceptors (Lipinski definition) is 2. The van der Waals surface area contributed by atoms with Gasteiger partial charge in [-0.1, -0.05) is 18.1 Å². The summed E-state index contributed by atoms with van der Waals surface area (Å²) in [7, 11) is 4.92. The molecule has 2 aromatic rings. The summed E-state index contributed by atoms with van der Waals surface area (Å²) in [6.07, 6.45) is 0.109. The highest BCUT2D eigenvalue weighted by Gasteiger charge is 2.36. The number of nitrogens with zero attached hydrogens (tertiary/aromatic N) is 1. The summed E-state index contributed by atoms with van der Waals surface area (Å²) in [5, 5.41) is 0. The van der Waals surface area contributed by atoms with Crippen LogP contribution in [0.25, 0.3) is 0 Å². The molecular weight excluding hydrogens is 393 g/mol. The van der Waals surface area contributed by atoms with Gasteiger partial charge in [-0.15, -0.1) is 5.92 Å². The SMILES string of the molecule is CC#Cc1ccc(CC(C(=O)Oc2c(F)c(F)c(F)c(F)c2F)[N+](C)(C)C)cc1. The molecular formula is C21H19F5NO2+. The first-order chi connectivity index (χ1) is 13.5. The molecule has 0 saturated heterocycles. The average Bonchev–Trinajstić information content (AvgIpc) is 2.66. The molecule has 2 rings (SSSR count). The predicted molar refractivity (Wildman–Crippen MR) is 96.4 cm³/mol. The lowest BCUT2D eigenvalue weighted by atomic mass is 10.0. The molecule has 0 aliphatic rings. The van der Waals surface area contributed by atoms with E-state index in [1.807, 2.05) is 0 Å². The van der Waals surface area contributed by atoms with Gasteiger partial charge in [0.1, 0.15) is 0 Å². The minimum Gasteiger partial charge on any atom is -0.416 e. The topological polar surface area (TPSA) is 26.3 Å². The first-order valence-corrected chi connectivity index (χ1v) is 8.53. The summed E-state index contributed by atoms with van der Waals surface area (Å²) in [4.78, 5) is 12.6. The fraction of sp³-hybridized carbons (Fsp3) is 0.286. The van der Waals surface area contributed by atoms with Crippen molar-refractivity contribution >= 4 is 5.97 Å². The van der Waals surface area contributed by atoms with Crippen LogP contribution in [-0.2, 0) is 11.2 Å². The molecule has 0 amide bonds.